The van der Waals surface area contributed by atoms with Gasteiger partial charge in [-0.15, -0.1) is 0 Å². The topological polar surface area (TPSA) is 77.3 Å². The fraction of sp³-hybridized carbons (Fsp3) is 0. The molecule has 0 unspecified atom stereocenters. The molecule has 5 aromatic heterocycles. The zero-order valence-corrected chi connectivity index (χ0v) is 58.9. The Bertz CT molecular complexity index is 5530. The Labute approximate surface area is 629 Å². The summed E-state index contributed by atoms with van der Waals surface area (Å²) in [5, 5.41) is 0. The molecule has 0 saturated carbocycles. The number of rotatable bonds is 17. The molecular weight excluding hydrogens is 1310 g/mol. The minimum absolute atomic E-state index is 0.635. The summed E-state index contributed by atoms with van der Waals surface area (Å²) in [6, 6.07) is 133. The second kappa shape index (κ2) is 29.7. The Morgan fingerprint density at radius 3 is 0.509 bits per heavy atom. The van der Waals surface area contributed by atoms with Gasteiger partial charge in [-0.3, -0.25) is 19.9 Å². The van der Waals surface area contributed by atoms with Crippen LogP contribution in [0.25, 0.3) is 190 Å². The number of nitrogens with zero attached hydrogens (tertiary/aromatic N) is 6. The average Bonchev–Trinajstić information content (AvgIpc) is 0.769. The lowest BCUT2D eigenvalue weighted by molar-refractivity contribution is 1.18. The van der Waals surface area contributed by atoms with Crippen molar-refractivity contribution < 1.29 is 0 Å². The van der Waals surface area contributed by atoms with Crippen LogP contribution in [0.4, 0.5) is 0 Å². The summed E-state index contributed by atoms with van der Waals surface area (Å²) in [5.74, 6) is 0.635. The van der Waals surface area contributed by atoms with Gasteiger partial charge in [-0.2, -0.15) is 0 Å². The molecule has 6 heteroatoms. The lowest BCUT2D eigenvalue weighted by atomic mass is 9.86. The van der Waals surface area contributed by atoms with Gasteiger partial charge in [0.15, 0.2) is 5.82 Å². The Morgan fingerprint density at radius 1 is 0.111 bits per heavy atom. The van der Waals surface area contributed by atoms with E-state index in [1.807, 2.05) is 61.4 Å². The van der Waals surface area contributed by atoms with Gasteiger partial charge in [-0.1, -0.05) is 315 Å². The van der Waals surface area contributed by atoms with Crippen molar-refractivity contribution in [3.05, 3.63) is 413 Å². The third-order valence-corrected chi connectivity index (χ3v) is 20.3. The smallest absolute Gasteiger partial charge is 0.159 e. The van der Waals surface area contributed by atoms with Crippen LogP contribution in [0.5, 0.6) is 0 Å². The monoisotopic (exact) mass is 1380 g/mol. The maximum Gasteiger partial charge on any atom is 0.159 e. The first-order valence-electron chi connectivity index (χ1n) is 36.4. The van der Waals surface area contributed by atoms with E-state index in [2.05, 4.69) is 352 Å². The molecule has 0 spiro atoms. The van der Waals surface area contributed by atoms with E-state index in [9.17, 15) is 0 Å². The Kier molecular flexibility index (Phi) is 18.0. The van der Waals surface area contributed by atoms with Crippen molar-refractivity contribution in [3.63, 3.8) is 0 Å². The zero-order valence-electron chi connectivity index (χ0n) is 58.9. The molecule has 0 aliphatic heterocycles. The largest absolute Gasteiger partial charge is 0.256 e. The number of aromatic nitrogens is 6. The van der Waals surface area contributed by atoms with Gasteiger partial charge in [0.05, 0.1) is 22.8 Å². The van der Waals surface area contributed by atoms with Crippen LogP contribution in [-0.2, 0) is 0 Å². The van der Waals surface area contributed by atoms with Crippen LogP contribution >= 0.6 is 0 Å². The second-order valence-electron chi connectivity index (χ2n) is 26.9. The van der Waals surface area contributed by atoms with Crippen LogP contribution in [0.15, 0.2) is 413 Å². The molecule has 0 fully saturated rings. The highest BCUT2D eigenvalue weighted by Crippen LogP contribution is 2.46. The van der Waals surface area contributed by atoms with Gasteiger partial charge in [0, 0.05) is 92.8 Å². The minimum Gasteiger partial charge on any atom is -0.256 e. The minimum atomic E-state index is 0.635. The van der Waals surface area contributed by atoms with Crippen LogP contribution in [-0.4, -0.2) is 29.9 Å². The summed E-state index contributed by atoms with van der Waals surface area (Å²) < 4.78 is 0. The van der Waals surface area contributed by atoms with Crippen LogP contribution < -0.4 is 0 Å². The lowest BCUT2D eigenvalue weighted by Crippen LogP contribution is -1.94. The van der Waals surface area contributed by atoms with Crippen molar-refractivity contribution in [2.24, 2.45) is 0 Å². The third-order valence-electron chi connectivity index (χ3n) is 20.3. The fourth-order valence-corrected chi connectivity index (χ4v) is 14.9. The summed E-state index contributed by atoms with van der Waals surface area (Å²) >= 11 is 0. The molecule has 6 nitrogen and oxygen atoms in total. The summed E-state index contributed by atoms with van der Waals surface area (Å²) in [6.07, 6.45) is 11.9. The summed E-state index contributed by atoms with van der Waals surface area (Å²) in [7, 11) is 0. The molecule has 0 atom stereocenters. The first kappa shape index (κ1) is 65.6. The molecule has 0 aliphatic rings. The molecule has 5 heterocycles. The Balaban J connectivity index is 0.690. The number of hydrogen-bond acceptors (Lipinski definition) is 6. The Morgan fingerprint density at radius 2 is 0.287 bits per heavy atom. The van der Waals surface area contributed by atoms with E-state index in [-0.39, 0.29) is 0 Å². The maximum atomic E-state index is 5.14. The van der Waals surface area contributed by atoms with E-state index in [4.69, 9.17) is 29.9 Å². The number of benzene rings is 13. The van der Waals surface area contributed by atoms with E-state index < -0.39 is 0 Å². The van der Waals surface area contributed by atoms with Crippen molar-refractivity contribution in [1.82, 2.24) is 29.9 Å². The first-order chi connectivity index (χ1) is 53.5. The van der Waals surface area contributed by atoms with Gasteiger partial charge in [0.2, 0.25) is 0 Å². The van der Waals surface area contributed by atoms with Crippen molar-refractivity contribution in [2.45, 2.75) is 0 Å². The molecule has 18 rings (SSSR count). The molecule has 0 aliphatic carbocycles. The lowest BCUT2D eigenvalue weighted by Gasteiger charge is -2.18. The van der Waals surface area contributed by atoms with Crippen LogP contribution in [0.2, 0.25) is 0 Å². The number of hydrogen-bond donors (Lipinski definition) is 0. The predicted molar refractivity (Wildman–Crippen MR) is 446 cm³/mol. The SMILES string of the molecule is c1ccc(-c2ccc(-c3ccccc3-c3cc(-c4ccccc4-c4ccc(-c5ncc(-c6ccccc6-c6cc(-c7ccccc7-c7ccc(-c8ccccc8)nc7)cc(-c7ccccc7-c7ccc(-c8ccccc8)nc7)c6)cn5)cc4)cc(-c4ccccc4-c4ccc(-c5ccccc5)nc4)c3)cn2)cc1. The van der Waals surface area contributed by atoms with E-state index >= 15 is 0 Å². The van der Waals surface area contributed by atoms with Crippen LogP contribution in [0.3, 0.4) is 0 Å². The molecule has 0 radical (unpaired) electrons. The normalized spacial score (nSPS) is 11.1. The van der Waals surface area contributed by atoms with E-state index in [1.165, 1.54) is 0 Å². The quantitative estimate of drug-likeness (QED) is 0.0904. The summed E-state index contributed by atoms with van der Waals surface area (Å²) in [6.45, 7) is 0. The van der Waals surface area contributed by atoms with Gasteiger partial charge in [-0.05, 0) is 166 Å². The molecule has 506 valence electrons. The molecule has 0 N–H and O–H groups in total. The van der Waals surface area contributed by atoms with Gasteiger partial charge in [-0.25, -0.2) is 9.97 Å². The maximum absolute atomic E-state index is 5.14. The average molecular weight is 1380 g/mol. The van der Waals surface area contributed by atoms with Gasteiger partial charge >= 0.3 is 0 Å². The second-order valence-corrected chi connectivity index (χ2v) is 26.9. The van der Waals surface area contributed by atoms with Crippen molar-refractivity contribution in [2.75, 3.05) is 0 Å². The zero-order chi connectivity index (χ0) is 72.0. The highest BCUT2D eigenvalue weighted by atomic mass is 14.9. The van der Waals surface area contributed by atoms with Gasteiger partial charge in [0.1, 0.15) is 0 Å². The highest BCUT2D eigenvalue weighted by molar-refractivity contribution is 5.97. The summed E-state index contributed by atoms with van der Waals surface area (Å²) in [4.78, 5) is 30.3. The number of pyridine rings is 4. The fourth-order valence-electron chi connectivity index (χ4n) is 14.9. The van der Waals surface area contributed by atoms with E-state index in [0.717, 1.165) is 184 Å². The molecule has 0 saturated heterocycles. The van der Waals surface area contributed by atoms with E-state index in [1.54, 1.807) is 0 Å². The first-order valence-corrected chi connectivity index (χ1v) is 36.4. The highest BCUT2D eigenvalue weighted by Gasteiger charge is 2.21. The van der Waals surface area contributed by atoms with Crippen molar-refractivity contribution in [3.8, 4) is 190 Å². The molecule has 13 aromatic carbocycles. The molecule has 0 amide bonds. The molecule has 18 aromatic rings. The Hall–Kier alpha value is -14.5. The molecule has 108 heavy (non-hydrogen) atoms. The molecular formula is C102H68N6. The molecule has 0 bridgehead atoms. The van der Waals surface area contributed by atoms with Gasteiger partial charge in [0.25, 0.3) is 0 Å². The van der Waals surface area contributed by atoms with Crippen molar-refractivity contribution in [1.29, 1.82) is 0 Å². The van der Waals surface area contributed by atoms with Crippen LogP contribution in [0, 0.1) is 0 Å². The third kappa shape index (κ3) is 13.5. The standard InChI is InChI=1S/C102H68N6/c1-5-25-70(26-6-1)98-53-49-75(63-103-98)87-34-14-19-39-92(87)80-57-79(58-81(59-80)93-40-20-15-35-88(93)76-50-54-99(104-64-76)71-27-7-2-8-28-71)91-38-18-13-33-86(91)69-45-47-74(48-46-69)102-107-67-85(68-108-102)97-44-24-23-43-96(97)84-61-82(94-41-21-16-36-89(94)77-51-55-100(105-65-77)72-29-9-3-10-30-72)60-83(62-84)95-42-22-17-37-90(95)78-52-56-101(106-66-78)73-31-11-4-12-32-73/h1-68H. The van der Waals surface area contributed by atoms with E-state index in [0.29, 0.717) is 5.82 Å². The van der Waals surface area contributed by atoms with Crippen molar-refractivity contribution >= 4 is 0 Å². The summed E-state index contributed by atoms with van der Waals surface area (Å²) in [5.41, 5.74) is 34.6. The van der Waals surface area contributed by atoms with Gasteiger partial charge < -0.3 is 0 Å². The predicted octanol–water partition coefficient (Wildman–Crippen LogP) is 26.4. The van der Waals surface area contributed by atoms with Crippen LogP contribution in [0.1, 0.15) is 0 Å².